The molecule has 3 rings (SSSR count). The predicted molar refractivity (Wildman–Crippen MR) is 106 cm³/mol. The molecule has 150 valence electrons. The maximum Gasteiger partial charge on any atom is 0.257 e. The third kappa shape index (κ3) is 4.04. The van der Waals surface area contributed by atoms with Gasteiger partial charge in [-0.1, -0.05) is 0 Å². The Morgan fingerprint density at radius 3 is 2.54 bits per heavy atom. The van der Waals surface area contributed by atoms with E-state index in [1.54, 1.807) is 29.1 Å². The molecule has 0 saturated heterocycles. The smallest absolute Gasteiger partial charge is 0.257 e. The molecule has 9 heteroatoms. The zero-order valence-corrected chi connectivity index (χ0v) is 16.7. The van der Waals surface area contributed by atoms with Crippen molar-refractivity contribution in [3.63, 3.8) is 0 Å². The van der Waals surface area contributed by atoms with E-state index in [1.165, 1.54) is 19.2 Å². The Bertz CT molecular complexity index is 1070. The van der Waals surface area contributed by atoms with Gasteiger partial charge in [0.2, 0.25) is 0 Å². The standard InChI is InChI=1S/C19H22FN3O4S/c1-4-27-19-18(26-2)8-7-16(22-19)17(11-28(3,24)25)23-9-12-13(10-23)15(21)6-5-14(12)20/h5-10,17H,4,11,21H2,1-3H3/t17-/m0/s1. The summed E-state index contributed by atoms with van der Waals surface area (Å²) in [6.45, 7) is 2.19. The van der Waals surface area contributed by atoms with Gasteiger partial charge in [0.1, 0.15) is 15.7 Å². The number of ether oxygens (including phenoxy) is 2. The van der Waals surface area contributed by atoms with Crippen LogP contribution in [0.25, 0.3) is 10.8 Å². The molecule has 2 heterocycles. The number of hydrogen-bond donors (Lipinski definition) is 1. The van der Waals surface area contributed by atoms with Crippen LogP contribution >= 0.6 is 0 Å². The van der Waals surface area contributed by atoms with E-state index in [0.29, 0.717) is 34.5 Å². The Morgan fingerprint density at radius 2 is 1.93 bits per heavy atom. The maximum absolute atomic E-state index is 14.2. The molecule has 28 heavy (non-hydrogen) atoms. The number of rotatable bonds is 7. The lowest BCUT2D eigenvalue weighted by Crippen LogP contribution is -2.21. The normalized spacial score (nSPS) is 12.9. The number of halogens is 1. The van der Waals surface area contributed by atoms with Gasteiger partial charge in [0, 0.05) is 35.1 Å². The molecule has 7 nitrogen and oxygen atoms in total. The number of anilines is 1. The van der Waals surface area contributed by atoms with Gasteiger partial charge in [-0.2, -0.15) is 0 Å². The fourth-order valence-corrected chi connectivity index (χ4v) is 3.97. The number of benzene rings is 1. The number of sulfone groups is 1. The lowest BCUT2D eigenvalue weighted by atomic mass is 10.2. The minimum absolute atomic E-state index is 0.222. The fourth-order valence-electron chi connectivity index (χ4n) is 3.05. The number of nitrogen functional groups attached to an aromatic ring is 1. The minimum Gasteiger partial charge on any atom is -0.491 e. The van der Waals surface area contributed by atoms with Crippen molar-refractivity contribution in [3.05, 3.63) is 48.2 Å². The number of hydrogen-bond acceptors (Lipinski definition) is 6. The van der Waals surface area contributed by atoms with Crippen molar-refractivity contribution in [3.8, 4) is 11.6 Å². The number of fused-ring (bicyclic) bond motifs is 1. The molecule has 0 saturated carbocycles. The molecule has 0 aliphatic heterocycles. The molecule has 2 aromatic heterocycles. The van der Waals surface area contributed by atoms with Crippen LogP contribution in [0.5, 0.6) is 11.6 Å². The number of pyridine rings is 1. The highest BCUT2D eigenvalue weighted by atomic mass is 32.2. The monoisotopic (exact) mass is 407 g/mol. The molecule has 3 aromatic rings. The van der Waals surface area contributed by atoms with E-state index < -0.39 is 21.7 Å². The second-order valence-corrected chi connectivity index (χ2v) is 8.64. The average molecular weight is 407 g/mol. The summed E-state index contributed by atoms with van der Waals surface area (Å²) in [5.41, 5.74) is 6.82. The highest BCUT2D eigenvalue weighted by Crippen LogP contribution is 2.32. The summed E-state index contributed by atoms with van der Waals surface area (Å²) in [4.78, 5) is 4.45. The first-order valence-electron chi connectivity index (χ1n) is 8.64. The van der Waals surface area contributed by atoms with Gasteiger partial charge in [0.25, 0.3) is 5.88 Å². The van der Waals surface area contributed by atoms with Gasteiger partial charge in [0.15, 0.2) is 5.75 Å². The Hall–Kier alpha value is -2.81. The van der Waals surface area contributed by atoms with E-state index in [1.807, 2.05) is 6.92 Å². The lowest BCUT2D eigenvalue weighted by molar-refractivity contribution is 0.296. The molecule has 0 aliphatic rings. The largest absolute Gasteiger partial charge is 0.491 e. The van der Waals surface area contributed by atoms with Crippen LogP contribution in [0.4, 0.5) is 10.1 Å². The van der Waals surface area contributed by atoms with E-state index in [4.69, 9.17) is 15.2 Å². The van der Waals surface area contributed by atoms with Gasteiger partial charge < -0.3 is 19.8 Å². The summed E-state index contributed by atoms with van der Waals surface area (Å²) in [6, 6.07) is 5.41. The minimum atomic E-state index is -3.38. The van der Waals surface area contributed by atoms with Crippen LogP contribution in [-0.4, -0.2) is 43.7 Å². The summed E-state index contributed by atoms with van der Waals surface area (Å²) in [5, 5.41) is 0.828. The predicted octanol–water partition coefficient (Wildman–Crippen LogP) is 2.80. The fraction of sp³-hybridized carbons (Fsp3) is 0.316. The average Bonchev–Trinajstić information content (AvgIpc) is 3.09. The van der Waals surface area contributed by atoms with Crippen LogP contribution in [0.3, 0.4) is 0 Å². The maximum atomic E-state index is 14.2. The molecule has 1 atom stereocenters. The Balaban J connectivity index is 2.17. The quantitative estimate of drug-likeness (QED) is 0.605. The van der Waals surface area contributed by atoms with Crippen LogP contribution in [-0.2, 0) is 9.84 Å². The van der Waals surface area contributed by atoms with E-state index in [-0.39, 0.29) is 11.6 Å². The van der Waals surface area contributed by atoms with Gasteiger partial charge >= 0.3 is 0 Å². The number of methoxy groups -OCH3 is 1. The van der Waals surface area contributed by atoms with Crippen molar-refractivity contribution in [1.29, 1.82) is 0 Å². The van der Waals surface area contributed by atoms with Crippen molar-refractivity contribution in [2.45, 2.75) is 13.0 Å². The van der Waals surface area contributed by atoms with Crippen LogP contribution < -0.4 is 15.2 Å². The molecule has 0 spiro atoms. The Labute approximate surface area is 162 Å². The topological polar surface area (TPSA) is 96.4 Å². The third-order valence-corrected chi connectivity index (χ3v) is 5.26. The number of nitrogens with two attached hydrogens (primary N) is 1. The van der Waals surface area contributed by atoms with Gasteiger partial charge in [-0.15, -0.1) is 0 Å². The first-order chi connectivity index (χ1) is 13.2. The van der Waals surface area contributed by atoms with Crippen LogP contribution in [0.15, 0.2) is 36.7 Å². The van der Waals surface area contributed by atoms with Gasteiger partial charge in [-0.25, -0.2) is 17.8 Å². The van der Waals surface area contributed by atoms with Crippen molar-refractivity contribution in [1.82, 2.24) is 9.55 Å². The van der Waals surface area contributed by atoms with Crippen molar-refractivity contribution < 1.29 is 22.3 Å². The second-order valence-electron chi connectivity index (χ2n) is 6.45. The van der Waals surface area contributed by atoms with Gasteiger partial charge in [-0.3, -0.25) is 0 Å². The van der Waals surface area contributed by atoms with Crippen LogP contribution in [0.1, 0.15) is 18.7 Å². The zero-order chi connectivity index (χ0) is 20.5. The van der Waals surface area contributed by atoms with Crippen molar-refractivity contribution >= 4 is 26.3 Å². The highest BCUT2D eigenvalue weighted by Gasteiger charge is 2.23. The number of nitrogens with zero attached hydrogens (tertiary/aromatic N) is 2. The molecule has 0 aliphatic carbocycles. The van der Waals surface area contributed by atoms with Gasteiger partial charge in [0.05, 0.1) is 31.2 Å². The molecule has 2 N–H and O–H groups in total. The molecular formula is C19H22FN3O4S. The van der Waals surface area contributed by atoms with Crippen molar-refractivity contribution in [2.24, 2.45) is 0 Å². The first-order valence-corrected chi connectivity index (χ1v) is 10.7. The molecule has 0 bridgehead atoms. The third-order valence-electron chi connectivity index (χ3n) is 4.33. The van der Waals surface area contributed by atoms with E-state index in [9.17, 15) is 12.8 Å². The van der Waals surface area contributed by atoms with E-state index >= 15 is 0 Å². The highest BCUT2D eigenvalue weighted by molar-refractivity contribution is 7.90. The van der Waals surface area contributed by atoms with Crippen LogP contribution in [0, 0.1) is 5.82 Å². The summed E-state index contributed by atoms with van der Waals surface area (Å²) in [6.07, 6.45) is 4.32. The van der Waals surface area contributed by atoms with Gasteiger partial charge in [-0.05, 0) is 31.2 Å². The Morgan fingerprint density at radius 1 is 1.21 bits per heavy atom. The molecular weight excluding hydrogens is 385 g/mol. The van der Waals surface area contributed by atoms with E-state index in [2.05, 4.69) is 4.98 Å². The molecule has 0 radical (unpaired) electrons. The summed E-state index contributed by atoms with van der Waals surface area (Å²) < 4.78 is 50.7. The first kappa shape index (κ1) is 19.9. The SMILES string of the molecule is CCOc1nc([C@H](CS(C)(=O)=O)n2cc3c(N)ccc(F)c3c2)ccc1OC. The molecule has 0 fully saturated rings. The summed E-state index contributed by atoms with van der Waals surface area (Å²) in [5.74, 6) is 0.0549. The second kappa shape index (κ2) is 7.67. The molecule has 0 unspecified atom stereocenters. The van der Waals surface area contributed by atoms with Crippen molar-refractivity contribution in [2.75, 3.05) is 31.5 Å². The van der Waals surface area contributed by atoms with E-state index in [0.717, 1.165) is 6.26 Å². The number of aromatic nitrogens is 2. The molecule has 0 amide bonds. The summed E-state index contributed by atoms with van der Waals surface area (Å²) >= 11 is 0. The Kier molecular flexibility index (Phi) is 5.46. The zero-order valence-electron chi connectivity index (χ0n) is 15.8. The molecule has 1 aromatic carbocycles. The summed E-state index contributed by atoms with van der Waals surface area (Å²) in [7, 11) is -1.88. The van der Waals surface area contributed by atoms with Crippen LogP contribution in [0.2, 0.25) is 0 Å². The lowest BCUT2D eigenvalue weighted by Gasteiger charge is -2.19.